The topological polar surface area (TPSA) is 99.2 Å². The summed E-state index contributed by atoms with van der Waals surface area (Å²) in [4.78, 5) is 39.0. The first kappa shape index (κ1) is 19.0. The highest BCUT2D eigenvalue weighted by atomic mass is 16.5. The van der Waals surface area contributed by atoms with E-state index in [4.69, 9.17) is 9.84 Å². The lowest BCUT2D eigenvalue weighted by molar-refractivity contribution is -0.139. The van der Waals surface area contributed by atoms with Crippen molar-refractivity contribution in [1.29, 1.82) is 0 Å². The number of ether oxygens (including phenoxy) is 1. The predicted octanol–water partition coefficient (Wildman–Crippen LogP) is 2.05. The molecule has 146 valence electrons. The summed E-state index contributed by atoms with van der Waals surface area (Å²) >= 11 is 0. The minimum absolute atomic E-state index is 0.0260. The van der Waals surface area contributed by atoms with Gasteiger partial charge in [-0.2, -0.15) is 0 Å². The SMILES string of the molecule is O=C(NC1CCCN(C2CCN(C(=O)O)CC2)C1=O)OCc1ccccc1. The fourth-order valence-corrected chi connectivity index (χ4v) is 3.67. The van der Waals surface area contributed by atoms with E-state index in [1.54, 1.807) is 4.90 Å². The maximum Gasteiger partial charge on any atom is 0.408 e. The van der Waals surface area contributed by atoms with Crippen LogP contribution in [0.2, 0.25) is 0 Å². The Morgan fingerprint density at radius 2 is 1.81 bits per heavy atom. The Hall–Kier alpha value is -2.77. The first-order valence-corrected chi connectivity index (χ1v) is 9.30. The lowest BCUT2D eigenvalue weighted by Gasteiger charge is -2.41. The maximum absolute atomic E-state index is 12.8. The number of carbonyl (C=O) groups is 3. The summed E-state index contributed by atoms with van der Waals surface area (Å²) in [6, 6.07) is 8.80. The van der Waals surface area contributed by atoms with Crippen LogP contribution in [0.15, 0.2) is 30.3 Å². The number of amides is 3. The summed E-state index contributed by atoms with van der Waals surface area (Å²) in [5.41, 5.74) is 0.884. The molecule has 0 saturated carbocycles. The second kappa shape index (κ2) is 8.75. The van der Waals surface area contributed by atoms with E-state index in [1.165, 1.54) is 4.90 Å². The van der Waals surface area contributed by atoms with Gasteiger partial charge in [0, 0.05) is 25.7 Å². The molecule has 0 radical (unpaired) electrons. The third kappa shape index (κ3) is 4.90. The summed E-state index contributed by atoms with van der Waals surface area (Å²) in [5.74, 6) is -0.105. The molecule has 2 heterocycles. The molecule has 2 aliphatic rings. The Morgan fingerprint density at radius 3 is 2.48 bits per heavy atom. The van der Waals surface area contributed by atoms with Crippen LogP contribution in [-0.4, -0.2) is 64.7 Å². The molecule has 27 heavy (non-hydrogen) atoms. The van der Waals surface area contributed by atoms with Crippen molar-refractivity contribution < 1.29 is 24.2 Å². The molecular formula is C19H25N3O5. The van der Waals surface area contributed by atoms with Crippen LogP contribution in [0.1, 0.15) is 31.2 Å². The summed E-state index contributed by atoms with van der Waals surface area (Å²) < 4.78 is 5.21. The van der Waals surface area contributed by atoms with Gasteiger partial charge in [0.2, 0.25) is 5.91 Å². The van der Waals surface area contributed by atoms with E-state index in [0.717, 1.165) is 12.0 Å². The molecule has 2 N–H and O–H groups in total. The van der Waals surface area contributed by atoms with Crippen molar-refractivity contribution in [3.8, 4) is 0 Å². The molecule has 2 fully saturated rings. The maximum atomic E-state index is 12.8. The lowest BCUT2D eigenvalue weighted by Crippen LogP contribution is -2.57. The van der Waals surface area contributed by atoms with Crippen LogP contribution < -0.4 is 5.32 Å². The van der Waals surface area contributed by atoms with Crippen LogP contribution in [0, 0.1) is 0 Å². The minimum Gasteiger partial charge on any atom is -0.465 e. The monoisotopic (exact) mass is 375 g/mol. The van der Waals surface area contributed by atoms with E-state index in [0.29, 0.717) is 38.9 Å². The number of hydrogen-bond donors (Lipinski definition) is 2. The van der Waals surface area contributed by atoms with Gasteiger partial charge in [0.25, 0.3) is 0 Å². The van der Waals surface area contributed by atoms with Gasteiger partial charge < -0.3 is 25.0 Å². The van der Waals surface area contributed by atoms with Crippen molar-refractivity contribution in [3.05, 3.63) is 35.9 Å². The van der Waals surface area contributed by atoms with E-state index in [-0.39, 0.29) is 18.6 Å². The smallest absolute Gasteiger partial charge is 0.408 e. The quantitative estimate of drug-likeness (QED) is 0.839. The van der Waals surface area contributed by atoms with Crippen LogP contribution in [0.3, 0.4) is 0 Å². The fraction of sp³-hybridized carbons (Fsp3) is 0.526. The number of likely N-dealkylation sites (tertiary alicyclic amines) is 2. The molecule has 0 aliphatic carbocycles. The summed E-state index contributed by atoms with van der Waals surface area (Å²) in [7, 11) is 0. The second-order valence-electron chi connectivity index (χ2n) is 6.93. The molecular weight excluding hydrogens is 350 g/mol. The molecule has 0 bridgehead atoms. The second-order valence-corrected chi connectivity index (χ2v) is 6.93. The molecule has 0 aromatic heterocycles. The Morgan fingerprint density at radius 1 is 1.11 bits per heavy atom. The molecule has 3 rings (SSSR count). The molecule has 2 saturated heterocycles. The standard InChI is InChI=1S/C19H25N3O5/c23-17-16(20-18(24)27-13-14-5-2-1-3-6-14)7-4-10-22(17)15-8-11-21(12-9-15)19(25)26/h1-3,5-6,15-16H,4,7-13H2,(H,20,24)(H,25,26). The van der Waals surface area contributed by atoms with Gasteiger partial charge in [-0.3, -0.25) is 4.79 Å². The van der Waals surface area contributed by atoms with Gasteiger partial charge in [0.15, 0.2) is 0 Å². The van der Waals surface area contributed by atoms with E-state index < -0.39 is 18.2 Å². The molecule has 1 aromatic carbocycles. The highest BCUT2D eigenvalue weighted by Gasteiger charge is 2.36. The van der Waals surface area contributed by atoms with Crippen molar-refractivity contribution >= 4 is 18.1 Å². The van der Waals surface area contributed by atoms with Gasteiger partial charge in [-0.05, 0) is 31.2 Å². The zero-order chi connectivity index (χ0) is 19.2. The highest BCUT2D eigenvalue weighted by Crippen LogP contribution is 2.22. The van der Waals surface area contributed by atoms with Gasteiger partial charge in [-0.15, -0.1) is 0 Å². The van der Waals surface area contributed by atoms with E-state index >= 15 is 0 Å². The number of piperidine rings is 2. The van der Waals surface area contributed by atoms with Crippen molar-refractivity contribution in [2.45, 2.75) is 44.4 Å². The van der Waals surface area contributed by atoms with Crippen LogP contribution in [0.25, 0.3) is 0 Å². The van der Waals surface area contributed by atoms with Gasteiger partial charge in [-0.25, -0.2) is 9.59 Å². The van der Waals surface area contributed by atoms with Crippen LogP contribution >= 0.6 is 0 Å². The summed E-state index contributed by atoms with van der Waals surface area (Å²) in [6.07, 6.45) is 1.13. The van der Waals surface area contributed by atoms with Crippen molar-refractivity contribution in [2.75, 3.05) is 19.6 Å². The molecule has 3 amide bonds. The van der Waals surface area contributed by atoms with Crippen LogP contribution in [0.5, 0.6) is 0 Å². The molecule has 8 nitrogen and oxygen atoms in total. The molecule has 1 unspecified atom stereocenters. The van der Waals surface area contributed by atoms with Crippen LogP contribution in [-0.2, 0) is 16.1 Å². The predicted molar refractivity (Wildman–Crippen MR) is 97.1 cm³/mol. The number of benzene rings is 1. The van der Waals surface area contributed by atoms with Gasteiger partial charge >= 0.3 is 12.2 Å². The van der Waals surface area contributed by atoms with E-state index in [2.05, 4.69) is 5.32 Å². The zero-order valence-electron chi connectivity index (χ0n) is 15.2. The van der Waals surface area contributed by atoms with E-state index in [1.807, 2.05) is 30.3 Å². The molecule has 1 aromatic rings. The van der Waals surface area contributed by atoms with Gasteiger partial charge in [0.05, 0.1) is 0 Å². The molecule has 2 aliphatic heterocycles. The number of hydrogen-bond acceptors (Lipinski definition) is 4. The first-order chi connectivity index (χ1) is 13.0. The van der Waals surface area contributed by atoms with E-state index in [9.17, 15) is 14.4 Å². The van der Waals surface area contributed by atoms with Crippen molar-refractivity contribution in [2.24, 2.45) is 0 Å². The van der Waals surface area contributed by atoms with Crippen LogP contribution in [0.4, 0.5) is 9.59 Å². The number of alkyl carbamates (subject to hydrolysis) is 1. The fourth-order valence-electron chi connectivity index (χ4n) is 3.67. The third-order valence-electron chi connectivity index (χ3n) is 5.15. The normalized spacial score (nSPS) is 21.0. The van der Waals surface area contributed by atoms with Gasteiger partial charge in [0.1, 0.15) is 12.6 Å². The zero-order valence-corrected chi connectivity index (χ0v) is 15.2. The third-order valence-corrected chi connectivity index (χ3v) is 5.15. The Balaban J connectivity index is 1.49. The number of carboxylic acid groups (broad SMARTS) is 1. The number of carbonyl (C=O) groups excluding carboxylic acids is 2. The average molecular weight is 375 g/mol. The largest absolute Gasteiger partial charge is 0.465 e. The van der Waals surface area contributed by atoms with Gasteiger partial charge in [-0.1, -0.05) is 30.3 Å². The lowest BCUT2D eigenvalue weighted by atomic mass is 9.97. The molecule has 0 spiro atoms. The Bertz CT molecular complexity index is 673. The Labute approximate surface area is 158 Å². The minimum atomic E-state index is -0.917. The van der Waals surface area contributed by atoms with Crippen molar-refractivity contribution in [1.82, 2.24) is 15.1 Å². The summed E-state index contributed by atoms with van der Waals surface area (Å²) in [5, 5.41) is 11.7. The van der Waals surface area contributed by atoms with Crippen molar-refractivity contribution in [3.63, 3.8) is 0 Å². The average Bonchev–Trinajstić information content (AvgIpc) is 2.69. The number of nitrogens with one attached hydrogen (secondary N) is 1. The first-order valence-electron chi connectivity index (χ1n) is 9.30. The molecule has 1 atom stereocenters. The number of rotatable bonds is 4. The summed E-state index contributed by atoms with van der Waals surface area (Å²) in [6.45, 7) is 1.67. The molecule has 8 heteroatoms. The highest BCUT2D eigenvalue weighted by molar-refractivity contribution is 5.86. The number of nitrogens with zero attached hydrogens (tertiary/aromatic N) is 2. The Kier molecular flexibility index (Phi) is 6.16.